The van der Waals surface area contributed by atoms with Gasteiger partial charge in [0, 0.05) is 31.7 Å². The first kappa shape index (κ1) is 14.1. The zero-order chi connectivity index (χ0) is 14.7. The third-order valence-electron chi connectivity index (χ3n) is 4.23. The normalized spacial score (nSPS) is 17.4. The quantitative estimate of drug-likeness (QED) is 0.842. The van der Waals surface area contributed by atoms with E-state index in [2.05, 4.69) is 10.6 Å². The predicted molar refractivity (Wildman–Crippen MR) is 80.2 cm³/mol. The summed E-state index contributed by atoms with van der Waals surface area (Å²) in [5, 5.41) is 5.94. The summed E-state index contributed by atoms with van der Waals surface area (Å²) in [4.78, 5) is 25.9. The van der Waals surface area contributed by atoms with Crippen molar-refractivity contribution in [2.45, 2.75) is 19.3 Å². The van der Waals surface area contributed by atoms with Crippen molar-refractivity contribution in [3.8, 4) is 0 Å². The van der Waals surface area contributed by atoms with Crippen LogP contribution in [0.25, 0.3) is 0 Å². The fourth-order valence-electron chi connectivity index (χ4n) is 3.00. The van der Waals surface area contributed by atoms with Gasteiger partial charge in [-0.2, -0.15) is 0 Å². The highest BCUT2D eigenvalue weighted by Gasteiger charge is 2.18. The first-order valence-electron chi connectivity index (χ1n) is 7.62. The van der Waals surface area contributed by atoms with Gasteiger partial charge in [-0.3, -0.25) is 9.59 Å². The Morgan fingerprint density at radius 1 is 1.14 bits per heavy atom. The molecule has 1 heterocycles. The van der Waals surface area contributed by atoms with Crippen LogP contribution in [0.1, 0.15) is 27.9 Å². The lowest BCUT2D eigenvalue weighted by molar-refractivity contribution is -0.130. The largest absolute Gasteiger partial charge is 0.343 e. The van der Waals surface area contributed by atoms with Gasteiger partial charge in [-0.05, 0) is 42.5 Å². The smallest absolute Gasteiger partial charge is 0.251 e. The minimum atomic E-state index is -0.159. The molecular weight excluding hydrogens is 266 g/mol. The molecule has 1 aromatic carbocycles. The molecule has 0 bridgehead atoms. The number of rotatable bonds is 3. The molecule has 0 spiro atoms. The molecule has 5 nitrogen and oxygen atoms in total. The van der Waals surface area contributed by atoms with E-state index in [4.69, 9.17) is 0 Å². The van der Waals surface area contributed by atoms with E-state index in [-0.39, 0.29) is 18.4 Å². The zero-order valence-corrected chi connectivity index (χ0v) is 12.2. The molecule has 0 radical (unpaired) electrons. The monoisotopic (exact) mass is 287 g/mol. The van der Waals surface area contributed by atoms with Crippen molar-refractivity contribution in [3.05, 3.63) is 34.9 Å². The van der Waals surface area contributed by atoms with Gasteiger partial charge in [-0.1, -0.05) is 6.07 Å². The third kappa shape index (κ3) is 3.24. The van der Waals surface area contributed by atoms with E-state index in [0.717, 1.165) is 25.9 Å². The van der Waals surface area contributed by atoms with Gasteiger partial charge in [0.2, 0.25) is 5.91 Å². The van der Waals surface area contributed by atoms with Crippen molar-refractivity contribution in [2.24, 2.45) is 0 Å². The molecule has 1 aliphatic heterocycles. The number of carbonyl (C=O) groups excluding carboxylic acids is 2. The van der Waals surface area contributed by atoms with Crippen molar-refractivity contribution in [2.75, 3.05) is 32.7 Å². The number of aryl methyl sites for hydroxylation is 2. The topological polar surface area (TPSA) is 61.4 Å². The predicted octanol–water partition coefficient (Wildman–Crippen LogP) is 0.337. The van der Waals surface area contributed by atoms with Gasteiger partial charge in [0.05, 0.1) is 6.54 Å². The van der Waals surface area contributed by atoms with Crippen LogP contribution in [0.15, 0.2) is 18.2 Å². The van der Waals surface area contributed by atoms with Crippen molar-refractivity contribution >= 4 is 11.8 Å². The van der Waals surface area contributed by atoms with Gasteiger partial charge in [0.1, 0.15) is 0 Å². The molecule has 2 amide bonds. The number of benzene rings is 1. The molecule has 0 saturated carbocycles. The molecule has 21 heavy (non-hydrogen) atoms. The minimum Gasteiger partial charge on any atom is -0.343 e. The first-order chi connectivity index (χ1) is 10.2. The number of piperazine rings is 1. The fourth-order valence-corrected chi connectivity index (χ4v) is 3.00. The van der Waals surface area contributed by atoms with E-state index in [9.17, 15) is 9.59 Å². The van der Waals surface area contributed by atoms with Crippen molar-refractivity contribution in [1.29, 1.82) is 0 Å². The van der Waals surface area contributed by atoms with Crippen molar-refractivity contribution in [3.63, 3.8) is 0 Å². The number of carbonyl (C=O) groups is 2. The summed E-state index contributed by atoms with van der Waals surface area (Å²) in [5.41, 5.74) is 3.28. The molecule has 0 atom stereocenters. The molecule has 2 N–H and O–H groups in total. The van der Waals surface area contributed by atoms with E-state index in [0.29, 0.717) is 18.7 Å². The Kier molecular flexibility index (Phi) is 4.20. The van der Waals surface area contributed by atoms with Gasteiger partial charge >= 0.3 is 0 Å². The molecule has 3 rings (SSSR count). The average molecular weight is 287 g/mol. The molecule has 2 aliphatic rings. The van der Waals surface area contributed by atoms with Crippen LogP contribution in [0.4, 0.5) is 0 Å². The zero-order valence-electron chi connectivity index (χ0n) is 12.2. The Morgan fingerprint density at radius 3 is 2.71 bits per heavy atom. The Hall–Kier alpha value is -1.88. The van der Waals surface area contributed by atoms with Gasteiger partial charge in [-0.25, -0.2) is 0 Å². The summed E-state index contributed by atoms with van der Waals surface area (Å²) in [6.45, 7) is 3.16. The molecule has 1 saturated heterocycles. The van der Waals surface area contributed by atoms with Gasteiger partial charge in [0.25, 0.3) is 5.91 Å². The standard InChI is InChI=1S/C16H21N3O2/c20-15(19-8-6-17-7-9-19)11-18-16(21)14-5-4-12-2-1-3-13(12)10-14/h4-5,10,17H,1-3,6-9,11H2,(H,18,21). The van der Waals surface area contributed by atoms with Crippen LogP contribution in [0.2, 0.25) is 0 Å². The number of fused-ring (bicyclic) bond motifs is 1. The lowest BCUT2D eigenvalue weighted by Gasteiger charge is -2.27. The average Bonchev–Trinajstić information content (AvgIpc) is 3.00. The van der Waals surface area contributed by atoms with Gasteiger partial charge in [-0.15, -0.1) is 0 Å². The number of nitrogens with zero attached hydrogens (tertiary/aromatic N) is 1. The van der Waals surface area contributed by atoms with E-state index in [1.807, 2.05) is 18.2 Å². The summed E-state index contributed by atoms with van der Waals surface area (Å²) >= 11 is 0. The Bertz CT molecular complexity index is 550. The summed E-state index contributed by atoms with van der Waals surface area (Å²) < 4.78 is 0. The summed E-state index contributed by atoms with van der Waals surface area (Å²) in [6, 6.07) is 5.86. The number of nitrogens with one attached hydrogen (secondary N) is 2. The van der Waals surface area contributed by atoms with E-state index < -0.39 is 0 Å². The summed E-state index contributed by atoms with van der Waals surface area (Å²) in [5.74, 6) is -0.167. The van der Waals surface area contributed by atoms with Crippen molar-refractivity contribution in [1.82, 2.24) is 15.5 Å². The van der Waals surface area contributed by atoms with Crippen molar-refractivity contribution < 1.29 is 9.59 Å². The summed E-state index contributed by atoms with van der Waals surface area (Å²) in [7, 11) is 0. The molecule has 1 aromatic rings. The second-order valence-electron chi connectivity index (χ2n) is 5.65. The number of amides is 2. The van der Waals surface area contributed by atoms with Crippen LogP contribution in [0.3, 0.4) is 0 Å². The van der Waals surface area contributed by atoms with Crippen LogP contribution >= 0.6 is 0 Å². The maximum absolute atomic E-state index is 12.1. The van der Waals surface area contributed by atoms with E-state index in [1.54, 1.807) is 4.90 Å². The highest BCUT2D eigenvalue weighted by atomic mass is 16.2. The number of hydrogen-bond donors (Lipinski definition) is 2. The minimum absolute atomic E-state index is 0.00832. The Balaban J connectivity index is 1.55. The van der Waals surface area contributed by atoms with Crippen LogP contribution in [0.5, 0.6) is 0 Å². The molecule has 0 unspecified atom stereocenters. The van der Waals surface area contributed by atoms with E-state index in [1.165, 1.54) is 17.5 Å². The van der Waals surface area contributed by atoms with Crippen LogP contribution in [0, 0.1) is 0 Å². The fraction of sp³-hybridized carbons (Fsp3) is 0.500. The maximum atomic E-state index is 12.1. The molecule has 1 fully saturated rings. The Morgan fingerprint density at radius 2 is 1.90 bits per heavy atom. The lowest BCUT2D eigenvalue weighted by atomic mass is 10.1. The first-order valence-corrected chi connectivity index (χ1v) is 7.62. The SMILES string of the molecule is O=C(NCC(=O)N1CCNCC1)c1ccc2c(c1)CCC2. The second kappa shape index (κ2) is 6.26. The van der Waals surface area contributed by atoms with Crippen LogP contribution in [-0.4, -0.2) is 49.4 Å². The molecule has 0 aromatic heterocycles. The lowest BCUT2D eigenvalue weighted by Crippen LogP contribution is -2.49. The highest BCUT2D eigenvalue weighted by molar-refractivity contribution is 5.96. The Labute approximate surface area is 124 Å². The van der Waals surface area contributed by atoms with Gasteiger partial charge in [0.15, 0.2) is 0 Å². The molecule has 5 heteroatoms. The third-order valence-corrected chi connectivity index (χ3v) is 4.23. The van der Waals surface area contributed by atoms with Gasteiger partial charge < -0.3 is 15.5 Å². The van der Waals surface area contributed by atoms with Crippen LogP contribution < -0.4 is 10.6 Å². The molecule has 1 aliphatic carbocycles. The maximum Gasteiger partial charge on any atom is 0.251 e. The van der Waals surface area contributed by atoms with Crippen LogP contribution in [-0.2, 0) is 17.6 Å². The molecule has 112 valence electrons. The summed E-state index contributed by atoms with van der Waals surface area (Å²) in [6.07, 6.45) is 3.33. The number of hydrogen-bond acceptors (Lipinski definition) is 3. The van der Waals surface area contributed by atoms with E-state index >= 15 is 0 Å². The highest BCUT2D eigenvalue weighted by Crippen LogP contribution is 2.22. The molecular formula is C16H21N3O2. The second-order valence-corrected chi connectivity index (χ2v) is 5.65.